The first kappa shape index (κ1) is 27.4. The number of rotatable bonds is 9. The predicted octanol–water partition coefficient (Wildman–Crippen LogP) is 6.23. The van der Waals surface area contributed by atoms with Gasteiger partial charge in [0.1, 0.15) is 5.60 Å². The number of fused-ring (bicyclic) bond motifs is 1. The summed E-state index contributed by atoms with van der Waals surface area (Å²) in [5.41, 5.74) is 3.18. The quantitative estimate of drug-likeness (QED) is 0.268. The Labute approximate surface area is 233 Å². The van der Waals surface area contributed by atoms with Crippen LogP contribution in [0.3, 0.4) is 0 Å². The molecular weight excluding hydrogens is 482 g/mol. The van der Waals surface area contributed by atoms with E-state index in [0.29, 0.717) is 12.0 Å². The van der Waals surface area contributed by atoms with Crippen LogP contribution in [0.15, 0.2) is 84.9 Å². The van der Waals surface area contributed by atoms with Crippen molar-refractivity contribution in [3.8, 4) is 0 Å². The maximum absolute atomic E-state index is 13.0. The van der Waals surface area contributed by atoms with Gasteiger partial charge < -0.3 is 21.1 Å². The maximum Gasteiger partial charge on any atom is 0.315 e. The fourth-order valence-corrected chi connectivity index (χ4v) is 6.60. The highest BCUT2D eigenvalue weighted by molar-refractivity contribution is 5.75. The van der Waals surface area contributed by atoms with Crippen LogP contribution in [0.5, 0.6) is 0 Å². The van der Waals surface area contributed by atoms with Crippen molar-refractivity contribution in [2.75, 3.05) is 6.54 Å². The van der Waals surface area contributed by atoms with E-state index in [-0.39, 0.29) is 12.1 Å². The third-order valence-electron chi connectivity index (χ3n) is 8.90. The molecule has 39 heavy (non-hydrogen) atoms. The Morgan fingerprint density at radius 1 is 0.872 bits per heavy atom. The molecule has 0 heterocycles. The maximum atomic E-state index is 13.0. The van der Waals surface area contributed by atoms with Gasteiger partial charge in [-0.05, 0) is 93.0 Å². The second-order valence-electron chi connectivity index (χ2n) is 11.4. The second-order valence-corrected chi connectivity index (χ2v) is 11.4. The molecular formula is C34H43N3O2. The SMILES string of the molecule is C[C@@H](NC(=O)NC1CCC(CCN[C@H]2CCCc3ccccc32)CC1)C(O)(c1ccccc1)c1ccccc1. The topological polar surface area (TPSA) is 73.4 Å². The van der Waals surface area contributed by atoms with Crippen LogP contribution < -0.4 is 16.0 Å². The van der Waals surface area contributed by atoms with Gasteiger partial charge in [0.05, 0.1) is 6.04 Å². The molecule has 1 saturated carbocycles. The van der Waals surface area contributed by atoms with Crippen LogP contribution in [0.2, 0.25) is 0 Å². The van der Waals surface area contributed by atoms with Crippen molar-refractivity contribution in [2.45, 2.75) is 82.0 Å². The highest BCUT2D eigenvalue weighted by Crippen LogP contribution is 2.34. The number of nitrogens with one attached hydrogen (secondary N) is 3. The third kappa shape index (κ3) is 6.54. The van der Waals surface area contributed by atoms with E-state index in [1.165, 1.54) is 36.8 Å². The van der Waals surface area contributed by atoms with Crippen molar-refractivity contribution >= 4 is 6.03 Å². The first-order valence-electron chi connectivity index (χ1n) is 14.8. The average Bonchev–Trinajstić information content (AvgIpc) is 2.98. The number of urea groups is 1. The number of aryl methyl sites for hydroxylation is 1. The molecule has 5 rings (SSSR count). The van der Waals surface area contributed by atoms with Gasteiger partial charge in [0.2, 0.25) is 0 Å². The smallest absolute Gasteiger partial charge is 0.315 e. The zero-order chi connectivity index (χ0) is 27.1. The molecule has 4 N–H and O–H groups in total. The van der Waals surface area contributed by atoms with Gasteiger partial charge in [-0.3, -0.25) is 0 Å². The van der Waals surface area contributed by atoms with Crippen molar-refractivity contribution in [1.29, 1.82) is 0 Å². The minimum Gasteiger partial charge on any atom is -0.378 e. The molecule has 3 aromatic carbocycles. The standard InChI is InChI=1S/C34H43N3O2/c1-25(34(39,28-13-4-2-5-14-28)29-15-6-3-7-16-29)36-33(38)37-30-21-19-26(20-22-30)23-24-35-32-18-10-12-27-11-8-9-17-31(27)32/h2-9,11,13-17,25-26,30,32,35,39H,10,12,18-24H2,1H3,(H2,36,37,38)/t25-,26?,30?,32+/m1/s1. The molecule has 2 aliphatic rings. The molecule has 1 fully saturated rings. The number of aliphatic hydroxyl groups is 1. The molecule has 3 aromatic rings. The lowest BCUT2D eigenvalue weighted by atomic mass is 9.81. The van der Waals surface area contributed by atoms with E-state index in [1.807, 2.05) is 67.6 Å². The lowest BCUT2D eigenvalue weighted by Crippen LogP contribution is -2.54. The Bertz CT molecular complexity index is 1150. The van der Waals surface area contributed by atoms with Crippen LogP contribution in [-0.2, 0) is 12.0 Å². The molecule has 0 unspecified atom stereocenters. The van der Waals surface area contributed by atoms with Gasteiger partial charge in [-0.2, -0.15) is 0 Å². The lowest BCUT2D eigenvalue weighted by molar-refractivity contribution is 0.0470. The van der Waals surface area contributed by atoms with E-state index >= 15 is 0 Å². The number of hydrogen-bond acceptors (Lipinski definition) is 3. The van der Waals surface area contributed by atoms with E-state index in [2.05, 4.69) is 40.2 Å². The van der Waals surface area contributed by atoms with E-state index in [1.54, 1.807) is 0 Å². The highest BCUT2D eigenvalue weighted by Gasteiger charge is 2.38. The summed E-state index contributed by atoms with van der Waals surface area (Å²) in [4.78, 5) is 13.0. The molecule has 5 heteroatoms. The van der Waals surface area contributed by atoms with Crippen molar-refractivity contribution < 1.29 is 9.90 Å². The number of benzene rings is 3. The molecule has 0 aliphatic heterocycles. The first-order chi connectivity index (χ1) is 19.0. The molecule has 0 spiro atoms. The van der Waals surface area contributed by atoms with Crippen LogP contribution in [0.1, 0.15) is 80.2 Å². The first-order valence-corrected chi connectivity index (χ1v) is 14.8. The molecule has 5 nitrogen and oxygen atoms in total. The van der Waals surface area contributed by atoms with Gasteiger partial charge in [-0.1, -0.05) is 84.9 Å². The van der Waals surface area contributed by atoms with Gasteiger partial charge in [-0.25, -0.2) is 4.79 Å². The number of carbonyl (C=O) groups is 1. The third-order valence-corrected chi connectivity index (χ3v) is 8.90. The highest BCUT2D eigenvalue weighted by atomic mass is 16.3. The number of hydrogen-bond donors (Lipinski definition) is 4. The molecule has 2 atom stereocenters. The Morgan fingerprint density at radius 3 is 2.15 bits per heavy atom. The number of amides is 2. The Kier molecular flexibility index (Phi) is 9.00. The molecule has 206 valence electrons. The lowest BCUT2D eigenvalue weighted by Gasteiger charge is -2.36. The van der Waals surface area contributed by atoms with Crippen molar-refractivity contribution in [1.82, 2.24) is 16.0 Å². The summed E-state index contributed by atoms with van der Waals surface area (Å²) < 4.78 is 0. The van der Waals surface area contributed by atoms with Crippen molar-refractivity contribution in [3.63, 3.8) is 0 Å². The monoisotopic (exact) mass is 525 g/mol. The number of carbonyl (C=O) groups excluding carboxylic acids is 1. The Balaban J connectivity index is 1.09. The van der Waals surface area contributed by atoms with Gasteiger partial charge >= 0.3 is 6.03 Å². The summed E-state index contributed by atoms with van der Waals surface area (Å²) in [7, 11) is 0. The van der Waals surface area contributed by atoms with Gasteiger partial charge in [0.15, 0.2) is 0 Å². The van der Waals surface area contributed by atoms with E-state index in [9.17, 15) is 9.90 Å². The largest absolute Gasteiger partial charge is 0.378 e. The van der Waals surface area contributed by atoms with Gasteiger partial charge in [0, 0.05) is 12.1 Å². The van der Waals surface area contributed by atoms with E-state index < -0.39 is 11.6 Å². The van der Waals surface area contributed by atoms with Crippen LogP contribution in [0.4, 0.5) is 4.79 Å². The normalized spacial score (nSPS) is 21.9. The fourth-order valence-electron chi connectivity index (χ4n) is 6.60. The molecule has 0 radical (unpaired) electrons. The molecule has 0 bridgehead atoms. The average molecular weight is 526 g/mol. The summed E-state index contributed by atoms with van der Waals surface area (Å²) in [6, 6.07) is 28.0. The molecule has 0 saturated heterocycles. The van der Waals surface area contributed by atoms with Crippen LogP contribution in [0, 0.1) is 5.92 Å². The zero-order valence-electron chi connectivity index (χ0n) is 23.1. The van der Waals surface area contributed by atoms with Crippen molar-refractivity contribution in [3.05, 3.63) is 107 Å². The van der Waals surface area contributed by atoms with Crippen LogP contribution in [0.25, 0.3) is 0 Å². The van der Waals surface area contributed by atoms with Crippen LogP contribution >= 0.6 is 0 Å². The van der Waals surface area contributed by atoms with Gasteiger partial charge in [-0.15, -0.1) is 0 Å². The molecule has 2 aliphatic carbocycles. The Morgan fingerprint density at radius 2 is 1.49 bits per heavy atom. The summed E-state index contributed by atoms with van der Waals surface area (Å²) in [6.45, 7) is 2.92. The Hall–Kier alpha value is -3.15. The summed E-state index contributed by atoms with van der Waals surface area (Å²) in [5.74, 6) is 0.706. The summed E-state index contributed by atoms with van der Waals surface area (Å²) >= 11 is 0. The predicted molar refractivity (Wildman–Crippen MR) is 157 cm³/mol. The van der Waals surface area contributed by atoms with E-state index in [4.69, 9.17) is 0 Å². The molecule has 0 aromatic heterocycles. The summed E-state index contributed by atoms with van der Waals surface area (Å²) in [5, 5.41) is 22.0. The van der Waals surface area contributed by atoms with E-state index in [0.717, 1.165) is 43.4 Å². The van der Waals surface area contributed by atoms with Crippen LogP contribution in [-0.4, -0.2) is 29.8 Å². The van der Waals surface area contributed by atoms with Crippen molar-refractivity contribution in [2.24, 2.45) is 5.92 Å². The fraction of sp³-hybridized carbons (Fsp3) is 0.441. The zero-order valence-corrected chi connectivity index (χ0v) is 23.1. The minimum atomic E-state index is -1.33. The second kappa shape index (κ2) is 12.8. The van der Waals surface area contributed by atoms with Gasteiger partial charge in [0.25, 0.3) is 0 Å². The summed E-state index contributed by atoms with van der Waals surface area (Å²) in [6.07, 6.45) is 9.17. The molecule has 2 amide bonds. The minimum absolute atomic E-state index is 0.174.